The number of ether oxygens (including phenoxy) is 1. The summed E-state index contributed by atoms with van der Waals surface area (Å²) in [5.74, 6) is -0.608. The van der Waals surface area contributed by atoms with E-state index in [-0.39, 0.29) is 11.7 Å². The monoisotopic (exact) mass is 464 g/mol. The van der Waals surface area contributed by atoms with E-state index >= 15 is 0 Å². The van der Waals surface area contributed by atoms with Crippen molar-refractivity contribution in [1.82, 2.24) is 0 Å². The van der Waals surface area contributed by atoms with Crippen LogP contribution in [0, 0.1) is 30.3 Å². The Kier molecular flexibility index (Phi) is 7.77. The number of hydrogen-bond acceptors (Lipinski definition) is 1. The fraction of sp³-hybridized carbons (Fsp3) is 0.333. The molecule has 1 aliphatic carbocycles. The van der Waals surface area contributed by atoms with Gasteiger partial charge in [-0.05, 0) is 80.0 Å². The van der Waals surface area contributed by atoms with Crippen molar-refractivity contribution in [1.29, 1.82) is 0 Å². The molecule has 0 unspecified atom stereocenters. The Bertz CT molecular complexity index is 1130. The summed E-state index contributed by atoms with van der Waals surface area (Å²) in [7, 11) is 0. The van der Waals surface area contributed by atoms with E-state index in [0.717, 1.165) is 43.2 Å². The quantitative estimate of drug-likeness (QED) is 0.304. The Labute approximate surface area is 200 Å². The predicted octanol–water partition coefficient (Wildman–Crippen LogP) is 8.55. The SMILES string of the molecule is C=CCOc1ccc(C2CCC(CCc3ccc(-c4ccc(C)cc4)c(F)c3F)CC2)c(F)c1. The van der Waals surface area contributed by atoms with E-state index in [1.807, 2.05) is 43.3 Å². The van der Waals surface area contributed by atoms with Gasteiger partial charge < -0.3 is 4.74 Å². The van der Waals surface area contributed by atoms with Gasteiger partial charge >= 0.3 is 0 Å². The van der Waals surface area contributed by atoms with Crippen LogP contribution >= 0.6 is 0 Å². The van der Waals surface area contributed by atoms with E-state index in [1.165, 1.54) is 6.07 Å². The van der Waals surface area contributed by atoms with Crippen molar-refractivity contribution in [3.05, 3.63) is 101 Å². The fourth-order valence-corrected chi connectivity index (χ4v) is 4.94. The number of halogens is 3. The first-order valence-electron chi connectivity index (χ1n) is 12.0. The van der Waals surface area contributed by atoms with Gasteiger partial charge in [0.25, 0.3) is 0 Å². The summed E-state index contributed by atoms with van der Waals surface area (Å²) >= 11 is 0. The van der Waals surface area contributed by atoms with Gasteiger partial charge in [-0.25, -0.2) is 13.2 Å². The van der Waals surface area contributed by atoms with Crippen LogP contribution < -0.4 is 4.74 Å². The third kappa shape index (κ3) is 5.55. The summed E-state index contributed by atoms with van der Waals surface area (Å²) in [5, 5.41) is 0. The lowest BCUT2D eigenvalue weighted by atomic mass is 9.76. The molecule has 1 aliphatic rings. The first kappa shape index (κ1) is 24.1. The van der Waals surface area contributed by atoms with Crippen LogP contribution in [0.1, 0.15) is 54.7 Å². The van der Waals surface area contributed by atoms with Crippen LogP contribution in [0.3, 0.4) is 0 Å². The van der Waals surface area contributed by atoms with Gasteiger partial charge in [0.05, 0.1) is 0 Å². The molecule has 4 rings (SSSR count). The molecule has 1 fully saturated rings. The maximum Gasteiger partial charge on any atom is 0.166 e. The van der Waals surface area contributed by atoms with Crippen LogP contribution in [0.25, 0.3) is 11.1 Å². The Morgan fingerprint density at radius 1 is 0.912 bits per heavy atom. The van der Waals surface area contributed by atoms with Crippen LogP contribution in [0.4, 0.5) is 13.2 Å². The molecule has 0 saturated heterocycles. The first-order chi connectivity index (χ1) is 16.5. The van der Waals surface area contributed by atoms with Crippen molar-refractivity contribution in [3.8, 4) is 16.9 Å². The third-order valence-electron chi connectivity index (χ3n) is 6.97. The van der Waals surface area contributed by atoms with Crippen molar-refractivity contribution in [2.75, 3.05) is 6.61 Å². The normalized spacial score (nSPS) is 18.0. The summed E-state index contributed by atoms with van der Waals surface area (Å²) in [6, 6.07) is 15.9. The van der Waals surface area contributed by atoms with Crippen molar-refractivity contribution >= 4 is 0 Å². The number of hydrogen-bond donors (Lipinski definition) is 0. The highest BCUT2D eigenvalue weighted by molar-refractivity contribution is 5.65. The molecule has 0 spiro atoms. The van der Waals surface area contributed by atoms with Crippen LogP contribution in [-0.2, 0) is 6.42 Å². The highest BCUT2D eigenvalue weighted by Gasteiger charge is 2.25. The zero-order valence-electron chi connectivity index (χ0n) is 19.6. The molecule has 0 radical (unpaired) electrons. The van der Waals surface area contributed by atoms with Crippen molar-refractivity contribution in [2.24, 2.45) is 5.92 Å². The Hall–Kier alpha value is -3.01. The lowest BCUT2D eigenvalue weighted by Crippen LogP contribution is -2.15. The second-order valence-corrected chi connectivity index (χ2v) is 9.31. The highest BCUT2D eigenvalue weighted by atomic mass is 19.2. The molecule has 34 heavy (non-hydrogen) atoms. The predicted molar refractivity (Wildman–Crippen MR) is 132 cm³/mol. The summed E-state index contributed by atoms with van der Waals surface area (Å²) in [6.07, 6.45) is 6.68. The van der Waals surface area contributed by atoms with E-state index in [4.69, 9.17) is 4.74 Å². The summed E-state index contributed by atoms with van der Waals surface area (Å²) in [4.78, 5) is 0. The van der Waals surface area contributed by atoms with E-state index in [0.29, 0.717) is 41.4 Å². The third-order valence-corrected chi connectivity index (χ3v) is 6.97. The molecule has 0 atom stereocenters. The van der Waals surface area contributed by atoms with Crippen LogP contribution in [0.5, 0.6) is 5.75 Å². The van der Waals surface area contributed by atoms with E-state index < -0.39 is 11.6 Å². The summed E-state index contributed by atoms with van der Waals surface area (Å²) < 4.78 is 49.6. The number of aryl methyl sites for hydroxylation is 2. The van der Waals surface area contributed by atoms with Crippen molar-refractivity contribution in [3.63, 3.8) is 0 Å². The van der Waals surface area contributed by atoms with Crippen molar-refractivity contribution in [2.45, 2.75) is 51.4 Å². The number of benzene rings is 3. The molecule has 1 nitrogen and oxygen atoms in total. The van der Waals surface area contributed by atoms with Gasteiger partial charge in [-0.1, -0.05) is 60.7 Å². The van der Waals surface area contributed by atoms with Gasteiger partial charge in [-0.15, -0.1) is 0 Å². The number of rotatable bonds is 8. The largest absolute Gasteiger partial charge is 0.489 e. The second kappa shape index (κ2) is 10.9. The lowest BCUT2D eigenvalue weighted by Gasteiger charge is -2.29. The zero-order valence-corrected chi connectivity index (χ0v) is 19.6. The molecule has 0 aliphatic heterocycles. The van der Waals surface area contributed by atoms with E-state index in [9.17, 15) is 13.2 Å². The van der Waals surface area contributed by atoms with Gasteiger partial charge in [-0.3, -0.25) is 0 Å². The Balaban J connectivity index is 1.33. The molecule has 0 bridgehead atoms. The smallest absolute Gasteiger partial charge is 0.166 e. The maximum atomic E-state index is 14.8. The Morgan fingerprint density at radius 2 is 1.65 bits per heavy atom. The molecule has 3 aromatic carbocycles. The average Bonchev–Trinajstić information content (AvgIpc) is 2.85. The molecular formula is C30H31F3O. The molecule has 0 N–H and O–H groups in total. The molecule has 0 amide bonds. The Morgan fingerprint density at radius 3 is 2.32 bits per heavy atom. The molecule has 4 heteroatoms. The minimum Gasteiger partial charge on any atom is -0.489 e. The maximum absolute atomic E-state index is 14.8. The van der Waals surface area contributed by atoms with Crippen LogP contribution in [0.15, 0.2) is 67.3 Å². The van der Waals surface area contributed by atoms with Crippen molar-refractivity contribution < 1.29 is 17.9 Å². The summed E-state index contributed by atoms with van der Waals surface area (Å²) in [6.45, 7) is 5.91. The molecule has 1 saturated carbocycles. The average molecular weight is 465 g/mol. The van der Waals surface area contributed by atoms with Gasteiger partial charge in [-0.2, -0.15) is 0 Å². The standard InChI is InChI=1S/C30H31F3O/c1-3-18-34-25-15-17-26(28(31)19-25)22-11-6-21(7-12-22)8-13-24-14-16-27(30(33)29(24)32)23-9-4-20(2)5-10-23/h3-5,9-10,14-17,19,21-22H,1,6-8,11-13,18H2,2H3. The minimum absolute atomic E-state index is 0.188. The van der Waals surface area contributed by atoms with Crippen LogP contribution in [0.2, 0.25) is 0 Å². The second-order valence-electron chi connectivity index (χ2n) is 9.31. The highest BCUT2D eigenvalue weighted by Crippen LogP contribution is 2.39. The molecular weight excluding hydrogens is 433 g/mol. The van der Waals surface area contributed by atoms with Gasteiger partial charge in [0, 0.05) is 11.6 Å². The fourth-order valence-electron chi connectivity index (χ4n) is 4.94. The lowest BCUT2D eigenvalue weighted by molar-refractivity contribution is 0.304. The molecule has 0 heterocycles. The van der Waals surface area contributed by atoms with Gasteiger partial charge in [0.2, 0.25) is 0 Å². The van der Waals surface area contributed by atoms with Gasteiger partial charge in [0.15, 0.2) is 11.6 Å². The molecule has 178 valence electrons. The minimum atomic E-state index is -0.777. The summed E-state index contributed by atoms with van der Waals surface area (Å²) in [5.41, 5.74) is 3.22. The van der Waals surface area contributed by atoms with Gasteiger partial charge in [0.1, 0.15) is 18.2 Å². The first-order valence-corrected chi connectivity index (χ1v) is 12.0. The zero-order chi connectivity index (χ0) is 24.1. The molecule has 3 aromatic rings. The van der Waals surface area contributed by atoms with E-state index in [2.05, 4.69) is 6.58 Å². The molecule has 0 aromatic heterocycles. The van der Waals surface area contributed by atoms with Crippen LogP contribution in [-0.4, -0.2) is 6.61 Å². The van der Waals surface area contributed by atoms with E-state index in [1.54, 1.807) is 18.2 Å². The topological polar surface area (TPSA) is 9.23 Å².